The zero-order chi connectivity index (χ0) is 20.4. The molecule has 1 aromatic carbocycles. The van der Waals surface area contributed by atoms with E-state index in [1.165, 1.54) is 27.4 Å². The standard InChI is InChI=1S/C20H22N2O5S/c1-11(2)22-14-6-7-28-18(14)10-15(22)19(23)21-13-9-17(26-4)16(25-3)8-12(13)20(24)27-5/h6-11H,1-5H3,(H,21,23). The molecule has 0 atom stereocenters. The summed E-state index contributed by atoms with van der Waals surface area (Å²) in [6.45, 7) is 4.04. The van der Waals surface area contributed by atoms with Crippen molar-refractivity contribution in [1.29, 1.82) is 0 Å². The van der Waals surface area contributed by atoms with Gasteiger partial charge in [0.2, 0.25) is 0 Å². The van der Waals surface area contributed by atoms with Gasteiger partial charge in [-0.3, -0.25) is 4.79 Å². The molecular weight excluding hydrogens is 380 g/mol. The first-order valence-corrected chi connectivity index (χ1v) is 9.53. The maximum Gasteiger partial charge on any atom is 0.340 e. The van der Waals surface area contributed by atoms with Crippen molar-refractivity contribution in [1.82, 2.24) is 4.57 Å². The molecule has 0 spiro atoms. The van der Waals surface area contributed by atoms with Crippen LogP contribution in [0.4, 0.5) is 5.69 Å². The van der Waals surface area contributed by atoms with Gasteiger partial charge in [-0.05, 0) is 31.4 Å². The second-order valence-electron chi connectivity index (χ2n) is 6.36. The summed E-state index contributed by atoms with van der Waals surface area (Å²) >= 11 is 1.57. The molecule has 0 aliphatic rings. The molecule has 0 saturated heterocycles. The molecule has 0 radical (unpaired) electrons. The van der Waals surface area contributed by atoms with Gasteiger partial charge in [0.15, 0.2) is 11.5 Å². The first-order valence-electron chi connectivity index (χ1n) is 8.65. The van der Waals surface area contributed by atoms with Crippen LogP contribution in [0.2, 0.25) is 0 Å². The third kappa shape index (κ3) is 3.43. The number of carbonyl (C=O) groups is 2. The van der Waals surface area contributed by atoms with Crippen LogP contribution in [-0.2, 0) is 4.74 Å². The Morgan fingerprint density at radius 2 is 1.75 bits per heavy atom. The lowest BCUT2D eigenvalue weighted by atomic mass is 10.1. The van der Waals surface area contributed by atoms with Crippen molar-refractivity contribution in [2.45, 2.75) is 19.9 Å². The summed E-state index contributed by atoms with van der Waals surface area (Å²) in [4.78, 5) is 25.3. The van der Waals surface area contributed by atoms with Crippen molar-refractivity contribution >= 4 is 39.1 Å². The number of rotatable bonds is 6. The summed E-state index contributed by atoms with van der Waals surface area (Å²) in [5.74, 6) is -0.149. The quantitative estimate of drug-likeness (QED) is 0.621. The number of carbonyl (C=O) groups excluding carboxylic acids is 2. The van der Waals surface area contributed by atoms with Gasteiger partial charge < -0.3 is 24.1 Å². The molecular formula is C20H22N2O5S. The van der Waals surface area contributed by atoms with Crippen molar-refractivity contribution in [3.05, 3.63) is 40.9 Å². The summed E-state index contributed by atoms with van der Waals surface area (Å²) in [6.07, 6.45) is 0. The summed E-state index contributed by atoms with van der Waals surface area (Å²) in [5.41, 5.74) is 1.99. The lowest BCUT2D eigenvalue weighted by Crippen LogP contribution is -2.20. The van der Waals surface area contributed by atoms with E-state index in [9.17, 15) is 9.59 Å². The number of anilines is 1. The molecule has 0 bridgehead atoms. The highest BCUT2D eigenvalue weighted by Crippen LogP contribution is 2.35. The number of esters is 1. The van der Waals surface area contributed by atoms with Crippen LogP contribution < -0.4 is 14.8 Å². The van der Waals surface area contributed by atoms with Crippen molar-refractivity contribution in [3.63, 3.8) is 0 Å². The van der Waals surface area contributed by atoms with Gasteiger partial charge in [0.05, 0.1) is 42.8 Å². The van der Waals surface area contributed by atoms with E-state index in [-0.39, 0.29) is 23.2 Å². The third-order valence-electron chi connectivity index (χ3n) is 4.39. The van der Waals surface area contributed by atoms with Crippen LogP contribution in [-0.4, -0.2) is 37.8 Å². The molecule has 28 heavy (non-hydrogen) atoms. The number of nitrogens with zero attached hydrogens (tertiary/aromatic N) is 1. The number of aromatic nitrogens is 1. The Hall–Kier alpha value is -3.00. The number of fused-ring (bicyclic) bond motifs is 1. The number of hydrogen-bond donors (Lipinski definition) is 1. The molecule has 0 unspecified atom stereocenters. The maximum atomic E-state index is 13.1. The van der Waals surface area contributed by atoms with Gasteiger partial charge in [0.25, 0.3) is 5.91 Å². The van der Waals surface area contributed by atoms with Gasteiger partial charge in [-0.25, -0.2) is 4.79 Å². The first kappa shape index (κ1) is 19.8. The van der Waals surface area contributed by atoms with Crippen LogP contribution in [0.25, 0.3) is 10.2 Å². The molecule has 3 rings (SSSR count). The lowest BCUT2D eigenvalue weighted by molar-refractivity contribution is 0.0601. The molecule has 8 heteroatoms. The summed E-state index contributed by atoms with van der Waals surface area (Å²) < 4.78 is 18.4. The Bertz CT molecular complexity index is 1030. The molecule has 0 saturated carbocycles. The molecule has 0 fully saturated rings. The minimum atomic E-state index is -0.587. The van der Waals surface area contributed by atoms with Crippen molar-refractivity contribution in [3.8, 4) is 11.5 Å². The summed E-state index contributed by atoms with van der Waals surface area (Å²) in [6, 6.07) is 6.98. The molecule has 0 aliphatic carbocycles. The number of benzene rings is 1. The van der Waals surface area contributed by atoms with Crippen LogP contribution in [0.15, 0.2) is 29.6 Å². The second kappa shape index (κ2) is 7.93. The molecule has 1 N–H and O–H groups in total. The largest absolute Gasteiger partial charge is 0.493 e. The Labute approximate surface area is 166 Å². The monoisotopic (exact) mass is 402 g/mol. The molecule has 2 aromatic heterocycles. The number of hydrogen-bond acceptors (Lipinski definition) is 6. The Balaban J connectivity index is 2.06. The Morgan fingerprint density at radius 1 is 1.07 bits per heavy atom. The Kier molecular flexibility index (Phi) is 5.60. The smallest absolute Gasteiger partial charge is 0.340 e. The fraction of sp³-hybridized carbons (Fsp3) is 0.300. The van der Waals surface area contributed by atoms with Gasteiger partial charge >= 0.3 is 5.97 Å². The first-order chi connectivity index (χ1) is 13.4. The van der Waals surface area contributed by atoms with E-state index in [0.29, 0.717) is 17.2 Å². The van der Waals surface area contributed by atoms with Crippen molar-refractivity contribution < 1.29 is 23.8 Å². The number of ether oxygens (including phenoxy) is 3. The van der Waals surface area contributed by atoms with E-state index in [2.05, 4.69) is 5.32 Å². The molecule has 0 aliphatic heterocycles. The number of nitrogens with one attached hydrogen (secondary N) is 1. The molecule has 7 nitrogen and oxygen atoms in total. The average Bonchev–Trinajstić information content (AvgIpc) is 3.27. The van der Waals surface area contributed by atoms with Gasteiger partial charge in [-0.1, -0.05) is 0 Å². The van der Waals surface area contributed by atoms with Crippen molar-refractivity contribution in [2.24, 2.45) is 0 Å². The van der Waals surface area contributed by atoms with Gasteiger partial charge in [0.1, 0.15) is 5.69 Å². The maximum absolute atomic E-state index is 13.1. The number of methoxy groups -OCH3 is 3. The highest BCUT2D eigenvalue weighted by molar-refractivity contribution is 7.17. The van der Waals surface area contributed by atoms with E-state index in [1.54, 1.807) is 17.4 Å². The van der Waals surface area contributed by atoms with E-state index < -0.39 is 5.97 Å². The highest BCUT2D eigenvalue weighted by Gasteiger charge is 2.23. The van der Waals surface area contributed by atoms with Crippen LogP contribution in [0.1, 0.15) is 40.7 Å². The van der Waals surface area contributed by atoms with E-state index >= 15 is 0 Å². The lowest BCUT2D eigenvalue weighted by Gasteiger charge is -2.17. The van der Waals surface area contributed by atoms with E-state index in [4.69, 9.17) is 14.2 Å². The Morgan fingerprint density at radius 3 is 2.36 bits per heavy atom. The van der Waals surface area contributed by atoms with E-state index in [1.807, 2.05) is 35.9 Å². The van der Waals surface area contributed by atoms with Crippen LogP contribution in [0, 0.1) is 0 Å². The normalized spacial score (nSPS) is 10.9. The summed E-state index contributed by atoms with van der Waals surface area (Å²) in [7, 11) is 4.24. The highest BCUT2D eigenvalue weighted by atomic mass is 32.1. The fourth-order valence-corrected chi connectivity index (χ4v) is 3.93. The minimum Gasteiger partial charge on any atom is -0.493 e. The van der Waals surface area contributed by atoms with Crippen LogP contribution >= 0.6 is 11.3 Å². The zero-order valence-corrected chi connectivity index (χ0v) is 17.2. The third-order valence-corrected chi connectivity index (χ3v) is 5.24. The van der Waals surface area contributed by atoms with Gasteiger partial charge in [-0.15, -0.1) is 11.3 Å². The fourth-order valence-electron chi connectivity index (χ4n) is 3.12. The summed E-state index contributed by atoms with van der Waals surface area (Å²) in [5, 5.41) is 4.82. The topological polar surface area (TPSA) is 78.8 Å². The minimum absolute atomic E-state index is 0.0957. The van der Waals surface area contributed by atoms with Crippen LogP contribution in [0.5, 0.6) is 11.5 Å². The van der Waals surface area contributed by atoms with E-state index in [0.717, 1.165) is 10.2 Å². The predicted octanol–water partition coefficient (Wildman–Crippen LogP) is 4.34. The molecule has 3 aromatic rings. The molecule has 148 valence electrons. The van der Waals surface area contributed by atoms with Gasteiger partial charge in [-0.2, -0.15) is 0 Å². The second-order valence-corrected chi connectivity index (χ2v) is 7.31. The van der Waals surface area contributed by atoms with Crippen molar-refractivity contribution in [2.75, 3.05) is 26.6 Å². The van der Waals surface area contributed by atoms with Gasteiger partial charge in [0, 0.05) is 18.2 Å². The predicted molar refractivity (Wildman–Crippen MR) is 109 cm³/mol. The number of thiophene rings is 1. The SMILES string of the molecule is COC(=O)c1cc(OC)c(OC)cc1NC(=O)c1cc2sccc2n1C(C)C. The number of amides is 1. The molecule has 1 amide bonds. The van der Waals surface area contributed by atoms with Crippen LogP contribution in [0.3, 0.4) is 0 Å². The average molecular weight is 402 g/mol. The molecule has 2 heterocycles. The zero-order valence-electron chi connectivity index (χ0n) is 16.4.